The minimum absolute atomic E-state index is 0.0395. The Morgan fingerprint density at radius 1 is 1.23 bits per heavy atom. The number of hydrogen-bond acceptors (Lipinski definition) is 3. The van der Waals surface area contributed by atoms with Crippen molar-refractivity contribution in [3.63, 3.8) is 0 Å². The molecule has 1 aliphatic carbocycles. The van der Waals surface area contributed by atoms with Crippen LogP contribution in [0.3, 0.4) is 0 Å². The highest BCUT2D eigenvalue weighted by molar-refractivity contribution is 6.33. The largest absolute Gasteiger partial charge is 0.398 e. The maximum atomic E-state index is 13.1. The lowest BCUT2D eigenvalue weighted by molar-refractivity contribution is -0.132. The molecule has 0 saturated carbocycles. The van der Waals surface area contributed by atoms with Gasteiger partial charge in [-0.1, -0.05) is 65.7 Å². The van der Waals surface area contributed by atoms with Crippen LogP contribution in [0.15, 0.2) is 72.3 Å². The topological polar surface area (TPSA) is 49.6 Å². The van der Waals surface area contributed by atoms with Gasteiger partial charge in [-0.25, -0.2) is 0 Å². The number of amides is 1. The smallest absolute Gasteiger partial charge is 0.229 e. The van der Waals surface area contributed by atoms with Crippen molar-refractivity contribution >= 4 is 28.9 Å². The van der Waals surface area contributed by atoms with Gasteiger partial charge in [0.1, 0.15) is 0 Å². The molecule has 1 saturated heterocycles. The van der Waals surface area contributed by atoms with Gasteiger partial charge in [0.05, 0.1) is 16.6 Å². The second-order valence-electron chi connectivity index (χ2n) is 8.20. The van der Waals surface area contributed by atoms with E-state index in [9.17, 15) is 4.79 Å². The van der Waals surface area contributed by atoms with Gasteiger partial charge in [-0.3, -0.25) is 4.79 Å². The first kappa shape index (κ1) is 20.5. The average Bonchev–Trinajstić information content (AvgIpc) is 3.24. The third kappa shape index (κ3) is 4.54. The molecule has 2 aliphatic rings. The van der Waals surface area contributed by atoms with Crippen LogP contribution in [0, 0.1) is 5.92 Å². The normalized spacial score (nSPS) is 20.9. The van der Waals surface area contributed by atoms with Gasteiger partial charge in [0, 0.05) is 31.4 Å². The Bertz CT molecular complexity index is 970. The Morgan fingerprint density at radius 3 is 2.77 bits per heavy atom. The lowest BCUT2D eigenvalue weighted by Crippen LogP contribution is -2.40. The summed E-state index contributed by atoms with van der Waals surface area (Å²) >= 11 is 6.33. The van der Waals surface area contributed by atoms with E-state index in [-0.39, 0.29) is 17.9 Å². The monoisotopic (exact) mass is 421 g/mol. The second-order valence-corrected chi connectivity index (χ2v) is 8.61. The van der Waals surface area contributed by atoms with Gasteiger partial charge in [-0.15, -0.1) is 0 Å². The van der Waals surface area contributed by atoms with Gasteiger partial charge in [0.2, 0.25) is 5.91 Å². The highest BCUT2D eigenvalue weighted by Crippen LogP contribution is 2.31. The fourth-order valence-electron chi connectivity index (χ4n) is 4.35. The van der Waals surface area contributed by atoms with E-state index >= 15 is 0 Å². The number of carbonyl (C=O) groups is 1. The standard InChI is InChI=1S/C25H28ClN3O/c1-18-6-5-9-20(14-18)25(30)28-13-12-22(17-28)29(16-19-7-3-2-4-8-19)21-10-11-24(27)23(26)15-21/h2-8,10-11,14-15,20,22H,9,12-13,16-17,27H2,1H3/t20?,22-/m0/s1. The summed E-state index contributed by atoms with van der Waals surface area (Å²) in [7, 11) is 0. The van der Waals surface area contributed by atoms with E-state index in [1.807, 2.05) is 29.2 Å². The molecular weight excluding hydrogens is 394 g/mol. The third-order valence-electron chi connectivity index (χ3n) is 5.98. The molecule has 0 aromatic heterocycles. The summed E-state index contributed by atoms with van der Waals surface area (Å²) in [6.45, 7) is 4.32. The van der Waals surface area contributed by atoms with Crippen molar-refractivity contribution in [2.24, 2.45) is 5.92 Å². The molecule has 4 nitrogen and oxygen atoms in total. The van der Waals surface area contributed by atoms with Crippen LogP contribution in [0.5, 0.6) is 0 Å². The van der Waals surface area contributed by atoms with Gasteiger partial charge >= 0.3 is 0 Å². The van der Waals surface area contributed by atoms with Crippen LogP contribution >= 0.6 is 11.6 Å². The molecule has 1 aliphatic heterocycles. The zero-order valence-electron chi connectivity index (χ0n) is 17.3. The van der Waals surface area contributed by atoms with Crippen LogP contribution in [0.1, 0.15) is 25.3 Å². The Kier molecular flexibility index (Phi) is 6.14. The summed E-state index contributed by atoms with van der Waals surface area (Å²) in [4.78, 5) is 17.5. The molecule has 0 radical (unpaired) electrons. The van der Waals surface area contributed by atoms with Crippen molar-refractivity contribution in [3.8, 4) is 0 Å². The molecule has 2 N–H and O–H groups in total. The quantitative estimate of drug-likeness (QED) is 0.687. The molecule has 1 heterocycles. The van der Waals surface area contributed by atoms with Gasteiger partial charge in [0.25, 0.3) is 0 Å². The van der Waals surface area contributed by atoms with E-state index in [4.69, 9.17) is 17.3 Å². The van der Waals surface area contributed by atoms with Crippen LogP contribution in [0.2, 0.25) is 5.02 Å². The van der Waals surface area contributed by atoms with E-state index in [2.05, 4.69) is 54.3 Å². The SMILES string of the molecule is CC1=CC(C(=O)N2CC[C@H](N(Cc3ccccc3)c3ccc(N)c(Cl)c3)C2)CC=C1. The highest BCUT2D eigenvalue weighted by atomic mass is 35.5. The lowest BCUT2D eigenvalue weighted by atomic mass is 9.95. The van der Waals surface area contributed by atoms with Gasteiger partial charge in [-0.2, -0.15) is 0 Å². The molecule has 1 unspecified atom stereocenters. The number of carbonyl (C=O) groups excluding carboxylic acids is 1. The number of benzene rings is 2. The van der Waals surface area contributed by atoms with Crippen molar-refractivity contribution in [1.82, 2.24) is 4.90 Å². The van der Waals surface area contributed by atoms with Crippen molar-refractivity contribution in [1.29, 1.82) is 0 Å². The number of hydrogen-bond donors (Lipinski definition) is 1. The summed E-state index contributed by atoms with van der Waals surface area (Å²) in [6, 6.07) is 16.4. The maximum Gasteiger partial charge on any atom is 0.229 e. The van der Waals surface area contributed by atoms with Gasteiger partial charge in [0.15, 0.2) is 0 Å². The number of nitrogens with zero attached hydrogens (tertiary/aromatic N) is 2. The van der Waals surface area contributed by atoms with E-state index in [0.717, 1.165) is 43.7 Å². The third-order valence-corrected chi connectivity index (χ3v) is 6.31. The van der Waals surface area contributed by atoms with E-state index in [0.29, 0.717) is 10.7 Å². The zero-order chi connectivity index (χ0) is 21.1. The lowest BCUT2D eigenvalue weighted by Gasteiger charge is -2.32. The first-order valence-corrected chi connectivity index (χ1v) is 10.9. The number of nitrogen functional groups attached to an aromatic ring is 1. The van der Waals surface area contributed by atoms with Crippen LogP contribution in [-0.2, 0) is 11.3 Å². The Hall–Kier alpha value is -2.72. The molecule has 5 heteroatoms. The number of halogens is 1. The molecule has 1 amide bonds. The van der Waals surface area contributed by atoms with Crippen LogP contribution in [0.25, 0.3) is 0 Å². The van der Waals surface area contributed by atoms with Crippen molar-refractivity contribution in [2.75, 3.05) is 23.7 Å². The maximum absolute atomic E-state index is 13.1. The first-order chi connectivity index (χ1) is 14.5. The molecule has 2 aromatic rings. The number of rotatable bonds is 5. The van der Waals surface area contributed by atoms with E-state index in [1.165, 1.54) is 5.56 Å². The molecule has 1 fully saturated rings. The second kappa shape index (κ2) is 8.97. The summed E-state index contributed by atoms with van der Waals surface area (Å²) in [5.74, 6) is 0.193. The predicted molar refractivity (Wildman–Crippen MR) is 124 cm³/mol. The molecular formula is C25H28ClN3O. The van der Waals surface area contributed by atoms with Crippen molar-refractivity contribution in [3.05, 3.63) is 82.9 Å². The Balaban J connectivity index is 1.54. The Morgan fingerprint density at radius 2 is 2.03 bits per heavy atom. The van der Waals surface area contributed by atoms with Gasteiger partial charge in [-0.05, 0) is 43.5 Å². The molecule has 2 aromatic carbocycles. The number of allylic oxidation sites excluding steroid dienone is 3. The molecule has 0 spiro atoms. The fourth-order valence-corrected chi connectivity index (χ4v) is 4.53. The molecule has 156 valence electrons. The average molecular weight is 422 g/mol. The van der Waals surface area contributed by atoms with Crippen LogP contribution < -0.4 is 10.6 Å². The minimum Gasteiger partial charge on any atom is -0.398 e. The number of anilines is 2. The number of likely N-dealkylation sites (tertiary alicyclic amines) is 1. The molecule has 0 bridgehead atoms. The van der Waals surface area contributed by atoms with Crippen molar-refractivity contribution < 1.29 is 4.79 Å². The van der Waals surface area contributed by atoms with Crippen molar-refractivity contribution in [2.45, 2.75) is 32.4 Å². The van der Waals surface area contributed by atoms with Crippen LogP contribution in [-0.4, -0.2) is 29.9 Å². The highest BCUT2D eigenvalue weighted by Gasteiger charge is 2.33. The summed E-state index contributed by atoms with van der Waals surface area (Å²) < 4.78 is 0. The Labute approximate surface area is 183 Å². The van der Waals surface area contributed by atoms with Gasteiger partial charge < -0.3 is 15.5 Å². The summed E-state index contributed by atoms with van der Waals surface area (Å²) in [5.41, 5.74) is 9.94. The predicted octanol–water partition coefficient (Wildman–Crippen LogP) is 5.05. The summed E-state index contributed by atoms with van der Waals surface area (Å²) in [6.07, 6.45) is 8.01. The van der Waals surface area contributed by atoms with E-state index in [1.54, 1.807) is 0 Å². The molecule has 2 atom stereocenters. The summed E-state index contributed by atoms with van der Waals surface area (Å²) in [5, 5.41) is 0.561. The zero-order valence-corrected chi connectivity index (χ0v) is 18.1. The fraction of sp³-hybridized carbons (Fsp3) is 0.320. The molecule has 30 heavy (non-hydrogen) atoms. The van der Waals surface area contributed by atoms with Crippen LogP contribution in [0.4, 0.5) is 11.4 Å². The number of nitrogens with two attached hydrogens (primary N) is 1. The van der Waals surface area contributed by atoms with E-state index < -0.39 is 0 Å². The minimum atomic E-state index is -0.0395. The first-order valence-electron chi connectivity index (χ1n) is 10.5. The molecule has 4 rings (SSSR count).